The number of phenolic OH excluding ortho intramolecular Hbond substituents is 1. The van der Waals surface area contributed by atoms with Gasteiger partial charge in [-0.2, -0.15) is 0 Å². The van der Waals surface area contributed by atoms with Crippen molar-refractivity contribution < 1.29 is 19.4 Å². The summed E-state index contributed by atoms with van der Waals surface area (Å²) in [5.41, 5.74) is 2.09. The number of carbonyl (C=O) groups excluding carboxylic acids is 2. The van der Waals surface area contributed by atoms with E-state index in [1.165, 1.54) is 37.5 Å². The quantitative estimate of drug-likeness (QED) is 0.201. The van der Waals surface area contributed by atoms with E-state index in [-0.39, 0.29) is 22.8 Å². The first-order chi connectivity index (χ1) is 16.4. The predicted molar refractivity (Wildman–Crippen MR) is 136 cm³/mol. The van der Waals surface area contributed by atoms with Gasteiger partial charge in [0.1, 0.15) is 11.5 Å². The summed E-state index contributed by atoms with van der Waals surface area (Å²) < 4.78 is 5.55. The van der Waals surface area contributed by atoms with E-state index in [0.29, 0.717) is 17.0 Å². The van der Waals surface area contributed by atoms with Crippen LogP contribution in [0.1, 0.15) is 65.8 Å². The van der Waals surface area contributed by atoms with Gasteiger partial charge in [0.25, 0.3) is 0 Å². The number of nitrogens with zero attached hydrogens (tertiary/aromatic N) is 1. The lowest BCUT2D eigenvalue weighted by molar-refractivity contribution is 0.0733. The fraction of sp³-hybridized carbons (Fsp3) is 0.310. The minimum Gasteiger partial charge on any atom is -0.508 e. The Morgan fingerprint density at radius 3 is 2.29 bits per heavy atom. The van der Waals surface area contributed by atoms with Crippen molar-refractivity contribution in [3.8, 4) is 11.5 Å². The van der Waals surface area contributed by atoms with Crippen molar-refractivity contribution in [3.05, 3.63) is 89.5 Å². The molecule has 5 heteroatoms. The van der Waals surface area contributed by atoms with Crippen molar-refractivity contribution in [1.29, 1.82) is 0 Å². The molecule has 0 radical (unpaired) electrons. The number of unbranched alkanes of at least 4 members (excludes halogenated alkanes) is 1. The summed E-state index contributed by atoms with van der Waals surface area (Å²) in [6.07, 6.45) is 4.80. The molecule has 0 amide bonds. The Kier molecular flexibility index (Phi) is 8.86. The van der Waals surface area contributed by atoms with E-state index in [1.54, 1.807) is 36.4 Å². The molecule has 0 heterocycles. The molecule has 3 rings (SSSR count). The number of rotatable bonds is 11. The maximum absolute atomic E-state index is 12.9. The van der Waals surface area contributed by atoms with Gasteiger partial charge in [0, 0.05) is 30.9 Å². The van der Waals surface area contributed by atoms with Crippen molar-refractivity contribution in [3.63, 3.8) is 0 Å². The number of esters is 1. The highest BCUT2D eigenvalue weighted by Gasteiger charge is 2.19. The number of benzene rings is 3. The highest BCUT2D eigenvalue weighted by molar-refractivity contribution is 6.11. The average molecular weight is 460 g/mol. The van der Waals surface area contributed by atoms with E-state index < -0.39 is 5.97 Å². The third kappa shape index (κ3) is 6.47. The van der Waals surface area contributed by atoms with Crippen LogP contribution in [0.2, 0.25) is 0 Å². The zero-order valence-electron chi connectivity index (χ0n) is 20.2. The topological polar surface area (TPSA) is 66.8 Å². The number of hydrogen-bond acceptors (Lipinski definition) is 5. The molecule has 0 aliphatic carbocycles. The van der Waals surface area contributed by atoms with Crippen LogP contribution in [0.3, 0.4) is 0 Å². The van der Waals surface area contributed by atoms with Gasteiger partial charge in [0.15, 0.2) is 5.78 Å². The van der Waals surface area contributed by atoms with E-state index in [2.05, 4.69) is 25.8 Å². The van der Waals surface area contributed by atoms with Crippen LogP contribution in [-0.4, -0.2) is 30.5 Å². The van der Waals surface area contributed by atoms with Gasteiger partial charge in [-0.25, -0.2) is 4.79 Å². The largest absolute Gasteiger partial charge is 0.508 e. The standard InChI is InChI=1S/C29H33NO4/c1-4-6-10-21(5-2)20-30(3)24-15-13-23(14-16-24)29(33)34-27-19-25(31)17-18-26(27)28(32)22-11-8-7-9-12-22/h7-9,11-19,21,31H,4-6,10,20H2,1-3H3. The van der Waals surface area contributed by atoms with Gasteiger partial charge < -0.3 is 14.7 Å². The second-order valence-corrected chi connectivity index (χ2v) is 8.61. The van der Waals surface area contributed by atoms with Crippen molar-refractivity contribution >= 4 is 17.4 Å². The molecule has 3 aromatic carbocycles. The van der Waals surface area contributed by atoms with Gasteiger partial charge >= 0.3 is 5.97 Å². The van der Waals surface area contributed by atoms with E-state index in [1.807, 2.05) is 18.2 Å². The van der Waals surface area contributed by atoms with Crippen LogP contribution in [0.4, 0.5) is 5.69 Å². The maximum Gasteiger partial charge on any atom is 0.343 e. The second kappa shape index (κ2) is 12.0. The molecule has 0 aliphatic heterocycles. The molecule has 1 unspecified atom stereocenters. The minimum atomic E-state index is -0.587. The third-order valence-corrected chi connectivity index (χ3v) is 6.07. The molecule has 1 N–H and O–H groups in total. The zero-order valence-corrected chi connectivity index (χ0v) is 20.2. The molecule has 3 aromatic rings. The summed E-state index contributed by atoms with van der Waals surface area (Å²) in [5, 5.41) is 9.91. The van der Waals surface area contributed by atoms with E-state index in [0.717, 1.165) is 18.7 Å². The first-order valence-corrected chi connectivity index (χ1v) is 11.9. The van der Waals surface area contributed by atoms with Crippen molar-refractivity contribution in [2.24, 2.45) is 5.92 Å². The van der Waals surface area contributed by atoms with Crippen LogP contribution >= 0.6 is 0 Å². The SMILES string of the molecule is CCCCC(CC)CN(C)c1ccc(C(=O)Oc2cc(O)ccc2C(=O)c2ccccc2)cc1. The molecule has 0 aliphatic rings. The molecule has 5 nitrogen and oxygen atoms in total. The Morgan fingerprint density at radius 2 is 1.65 bits per heavy atom. The van der Waals surface area contributed by atoms with Crippen LogP contribution in [0.5, 0.6) is 11.5 Å². The Hall–Kier alpha value is -3.60. The van der Waals surface area contributed by atoms with Crippen LogP contribution < -0.4 is 9.64 Å². The summed E-state index contributed by atoms with van der Waals surface area (Å²) in [7, 11) is 2.07. The normalized spacial score (nSPS) is 11.6. The van der Waals surface area contributed by atoms with Gasteiger partial charge in [-0.3, -0.25) is 4.79 Å². The molecule has 0 spiro atoms. The smallest absolute Gasteiger partial charge is 0.343 e. The number of phenols is 1. The molecular weight excluding hydrogens is 426 g/mol. The van der Waals surface area contributed by atoms with Gasteiger partial charge in [0.2, 0.25) is 0 Å². The van der Waals surface area contributed by atoms with Crippen LogP contribution in [0.25, 0.3) is 0 Å². The van der Waals surface area contributed by atoms with Crippen molar-refractivity contribution in [1.82, 2.24) is 0 Å². The number of anilines is 1. The van der Waals surface area contributed by atoms with E-state index >= 15 is 0 Å². The lowest BCUT2D eigenvalue weighted by atomic mass is 9.98. The monoisotopic (exact) mass is 459 g/mol. The molecule has 0 aromatic heterocycles. The number of ether oxygens (including phenoxy) is 1. The van der Waals surface area contributed by atoms with Crippen molar-refractivity contribution in [2.45, 2.75) is 39.5 Å². The number of aromatic hydroxyl groups is 1. The summed E-state index contributed by atoms with van der Waals surface area (Å²) >= 11 is 0. The summed E-state index contributed by atoms with van der Waals surface area (Å²) in [6.45, 7) is 5.41. The summed E-state index contributed by atoms with van der Waals surface area (Å²) in [4.78, 5) is 28.0. The van der Waals surface area contributed by atoms with Gasteiger partial charge in [-0.05, 0) is 48.7 Å². The third-order valence-electron chi connectivity index (χ3n) is 6.07. The van der Waals surface area contributed by atoms with Gasteiger partial charge in [-0.15, -0.1) is 0 Å². The number of ketones is 1. The summed E-state index contributed by atoms with van der Waals surface area (Å²) in [5.74, 6) is -0.286. The fourth-order valence-electron chi connectivity index (χ4n) is 3.95. The van der Waals surface area contributed by atoms with E-state index in [9.17, 15) is 14.7 Å². The van der Waals surface area contributed by atoms with Gasteiger partial charge in [-0.1, -0.05) is 63.4 Å². The molecule has 178 valence electrons. The molecule has 0 fully saturated rings. The Morgan fingerprint density at radius 1 is 0.941 bits per heavy atom. The Balaban J connectivity index is 1.73. The fourth-order valence-corrected chi connectivity index (χ4v) is 3.95. The zero-order chi connectivity index (χ0) is 24.5. The van der Waals surface area contributed by atoms with Crippen LogP contribution in [0, 0.1) is 5.92 Å². The lowest BCUT2D eigenvalue weighted by Crippen LogP contribution is -2.25. The molecule has 0 saturated heterocycles. The molecule has 0 saturated carbocycles. The second-order valence-electron chi connectivity index (χ2n) is 8.61. The highest BCUT2D eigenvalue weighted by Crippen LogP contribution is 2.28. The number of hydrogen-bond donors (Lipinski definition) is 1. The van der Waals surface area contributed by atoms with Crippen LogP contribution in [0.15, 0.2) is 72.8 Å². The highest BCUT2D eigenvalue weighted by atomic mass is 16.5. The molecular formula is C29H33NO4. The van der Waals surface area contributed by atoms with Crippen molar-refractivity contribution in [2.75, 3.05) is 18.5 Å². The van der Waals surface area contributed by atoms with E-state index in [4.69, 9.17) is 4.74 Å². The minimum absolute atomic E-state index is 0.0294. The number of carbonyl (C=O) groups is 2. The molecule has 34 heavy (non-hydrogen) atoms. The Labute approximate surface area is 202 Å². The predicted octanol–water partition coefficient (Wildman–Crippen LogP) is 6.50. The maximum atomic E-state index is 12.9. The molecule has 0 bridgehead atoms. The lowest BCUT2D eigenvalue weighted by Gasteiger charge is -2.25. The average Bonchev–Trinajstić information content (AvgIpc) is 2.86. The first kappa shape index (κ1) is 25.0. The van der Waals surface area contributed by atoms with Gasteiger partial charge in [0.05, 0.1) is 11.1 Å². The Bertz CT molecular complexity index is 1090. The summed E-state index contributed by atoms with van der Waals surface area (Å²) in [6, 6.07) is 20.2. The van der Waals surface area contributed by atoms with Crippen LogP contribution in [-0.2, 0) is 0 Å². The molecule has 1 atom stereocenters. The first-order valence-electron chi connectivity index (χ1n) is 11.9.